The summed E-state index contributed by atoms with van der Waals surface area (Å²) in [5.74, 6) is -0.118. The Hall–Kier alpha value is -4.51. The van der Waals surface area contributed by atoms with Crippen molar-refractivity contribution >= 4 is 5.97 Å². The number of ether oxygens (including phenoxy) is 4. The number of esters is 1. The molecule has 0 aromatic heterocycles. The van der Waals surface area contributed by atoms with Gasteiger partial charge in [-0.05, 0) is 48.5 Å². The predicted octanol–water partition coefficient (Wildman–Crippen LogP) is 4.28. The lowest BCUT2D eigenvalue weighted by atomic mass is 9.83. The van der Waals surface area contributed by atoms with Crippen LogP contribution >= 0.6 is 0 Å². The minimum absolute atomic E-state index is 0.0677. The Morgan fingerprint density at radius 3 is 2.39 bits per heavy atom. The number of hydrogen-bond donors (Lipinski definition) is 1. The van der Waals surface area contributed by atoms with Crippen molar-refractivity contribution in [3.05, 3.63) is 94.6 Å². The zero-order valence-electron chi connectivity index (χ0n) is 17.8. The van der Waals surface area contributed by atoms with Crippen LogP contribution in [-0.4, -0.2) is 20.2 Å². The number of allylic oxidation sites excluding steroid dienone is 1. The van der Waals surface area contributed by atoms with Crippen molar-refractivity contribution in [3.63, 3.8) is 0 Å². The summed E-state index contributed by atoms with van der Waals surface area (Å²) in [4.78, 5) is 12.4. The van der Waals surface area contributed by atoms with Crippen molar-refractivity contribution in [1.29, 1.82) is 5.26 Å². The van der Waals surface area contributed by atoms with Gasteiger partial charge in [0, 0.05) is 17.2 Å². The first-order chi connectivity index (χ1) is 15.9. The summed E-state index contributed by atoms with van der Waals surface area (Å²) in [6.45, 7) is 0. The molecule has 1 atom stereocenters. The number of fused-ring (bicyclic) bond motifs is 1. The van der Waals surface area contributed by atoms with E-state index in [4.69, 9.17) is 24.7 Å². The third-order valence-corrected chi connectivity index (χ3v) is 5.23. The summed E-state index contributed by atoms with van der Waals surface area (Å²) < 4.78 is 35.1. The fourth-order valence-electron chi connectivity index (χ4n) is 3.64. The molecular weight excluding hydrogens is 427 g/mol. The number of halogens is 1. The molecule has 4 rings (SSSR count). The second-order valence-corrected chi connectivity index (χ2v) is 7.13. The normalized spacial score (nSPS) is 14.5. The molecule has 1 aliphatic rings. The van der Waals surface area contributed by atoms with Gasteiger partial charge in [-0.15, -0.1) is 0 Å². The lowest BCUT2D eigenvalue weighted by molar-refractivity contribution is 0.0734. The minimum atomic E-state index is -0.655. The number of carbonyl (C=O) groups is 1. The summed E-state index contributed by atoms with van der Waals surface area (Å²) in [6, 6.07) is 17.2. The summed E-state index contributed by atoms with van der Waals surface area (Å²) in [6.07, 6.45) is 0. The number of benzene rings is 3. The molecule has 0 fully saturated rings. The van der Waals surface area contributed by atoms with Crippen LogP contribution in [-0.2, 0) is 0 Å². The topological polar surface area (TPSA) is 104 Å². The summed E-state index contributed by atoms with van der Waals surface area (Å²) in [7, 11) is 3.07. The molecule has 3 aromatic rings. The largest absolute Gasteiger partial charge is 0.497 e. The summed E-state index contributed by atoms with van der Waals surface area (Å²) in [5, 5.41) is 9.79. The van der Waals surface area contributed by atoms with Gasteiger partial charge >= 0.3 is 5.97 Å². The second kappa shape index (κ2) is 8.93. The molecule has 33 heavy (non-hydrogen) atoms. The average Bonchev–Trinajstić information content (AvgIpc) is 2.83. The van der Waals surface area contributed by atoms with E-state index >= 15 is 0 Å². The zero-order valence-corrected chi connectivity index (χ0v) is 17.8. The Bertz CT molecular complexity index is 1300. The van der Waals surface area contributed by atoms with Gasteiger partial charge in [-0.25, -0.2) is 9.18 Å². The van der Waals surface area contributed by atoms with E-state index in [2.05, 4.69) is 6.07 Å². The number of methoxy groups -OCH3 is 2. The molecule has 0 aliphatic carbocycles. The Morgan fingerprint density at radius 1 is 1.00 bits per heavy atom. The first kappa shape index (κ1) is 21.7. The fraction of sp³-hybridized carbons (Fsp3) is 0.120. The molecule has 1 aliphatic heterocycles. The van der Waals surface area contributed by atoms with Crippen molar-refractivity contribution in [2.75, 3.05) is 14.2 Å². The number of hydrogen-bond acceptors (Lipinski definition) is 7. The van der Waals surface area contributed by atoms with Gasteiger partial charge in [0.1, 0.15) is 40.5 Å². The smallest absolute Gasteiger partial charge is 0.343 e. The maximum absolute atomic E-state index is 13.1. The number of nitriles is 1. The fourth-order valence-corrected chi connectivity index (χ4v) is 3.64. The zero-order chi connectivity index (χ0) is 23.5. The van der Waals surface area contributed by atoms with Gasteiger partial charge in [0.2, 0.25) is 5.88 Å². The highest BCUT2D eigenvalue weighted by Crippen LogP contribution is 2.46. The van der Waals surface area contributed by atoms with Crippen LogP contribution in [0.5, 0.6) is 23.0 Å². The van der Waals surface area contributed by atoms with Crippen LogP contribution in [0.25, 0.3) is 0 Å². The van der Waals surface area contributed by atoms with E-state index in [1.54, 1.807) is 37.4 Å². The van der Waals surface area contributed by atoms with Gasteiger partial charge in [-0.2, -0.15) is 5.26 Å². The van der Waals surface area contributed by atoms with Gasteiger partial charge < -0.3 is 24.7 Å². The van der Waals surface area contributed by atoms with Crippen LogP contribution in [0.2, 0.25) is 0 Å². The molecular formula is C25H19FN2O5. The first-order valence-corrected chi connectivity index (χ1v) is 9.86. The van der Waals surface area contributed by atoms with Crippen LogP contribution < -0.4 is 24.7 Å². The monoisotopic (exact) mass is 446 g/mol. The molecule has 1 unspecified atom stereocenters. The van der Waals surface area contributed by atoms with E-state index in [1.165, 1.54) is 37.4 Å². The maximum Gasteiger partial charge on any atom is 0.343 e. The number of nitrogens with two attached hydrogens (primary N) is 1. The molecule has 166 valence electrons. The van der Waals surface area contributed by atoms with E-state index in [0.29, 0.717) is 28.4 Å². The van der Waals surface area contributed by atoms with Crippen molar-refractivity contribution in [3.8, 4) is 29.1 Å². The summed E-state index contributed by atoms with van der Waals surface area (Å²) in [5.41, 5.74) is 7.78. The molecule has 0 radical (unpaired) electrons. The molecule has 0 amide bonds. The molecule has 8 heteroatoms. The molecule has 2 N–H and O–H groups in total. The van der Waals surface area contributed by atoms with Crippen LogP contribution in [0.3, 0.4) is 0 Å². The standard InChI is InChI=1S/C25H19FN2O5/c1-30-16-8-10-21(31-2)19(11-16)23-18-9-7-17(12-22(18)33-24(28)20(23)13-27)32-25(29)14-3-5-15(26)6-4-14/h3-12,23H,28H2,1-2H3. The van der Waals surface area contributed by atoms with Crippen LogP contribution in [0.15, 0.2) is 72.1 Å². The van der Waals surface area contributed by atoms with E-state index in [9.17, 15) is 14.4 Å². The molecule has 0 saturated carbocycles. The molecule has 7 nitrogen and oxygen atoms in total. The SMILES string of the molecule is COc1ccc(OC)c(C2C(C#N)=C(N)Oc3cc(OC(=O)c4ccc(F)cc4)ccc32)c1. The molecule has 0 bridgehead atoms. The molecule has 1 heterocycles. The van der Waals surface area contributed by atoms with Crippen molar-refractivity contribution in [2.24, 2.45) is 5.73 Å². The highest BCUT2D eigenvalue weighted by atomic mass is 19.1. The lowest BCUT2D eigenvalue weighted by Crippen LogP contribution is -2.21. The molecule has 0 spiro atoms. The van der Waals surface area contributed by atoms with Crippen molar-refractivity contribution in [2.45, 2.75) is 5.92 Å². The van der Waals surface area contributed by atoms with Crippen LogP contribution in [0.1, 0.15) is 27.4 Å². The van der Waals surface area contributed by atoms with Crippen molar-refractivity contribution in [1.82, 2.24) is 0 Å². The van der Waals surface area contributed by atoms with E-state index in [0.717, 1.165) is 0 Å². The highest BCUT2D eigenvalue weighted by molar-refractivity contribution is 5.91. The van der Waals surface area contributed by atoms with E-state index in [1.807, 2.05) is 0 Å². The Kier molecular flexibility index (Phi) is 5.87. The van der Waals surface area contributed by atoms with Gasteiger partial charge in [0.15, 0.2) is 0 Å². The molecule has 0 saturated heterocycles. The number of nitrogens with zero attached hydrogens (tertiary/aromatic N) is 1. The Balaban J connectivity index is 1.74. The third kappa shape index (κ3) is 4.16. The Morgan fingerprint density at radius 2 is 1.73 bits per heavy atom. The average molecular weight is 446 g/mol. The minimum Gasteiger partial charge on any atom is -0.497 e. The van der Waals surface area contributed by atoms with Crippen LogP contribution in [0.4, 0.5) is 4.39 Å². The molecule has 3 aromatic carbocycles. The summed E-state index contributed by atoms with van der Waals surface area (Å²) >= 11 is 0. The maximum atomic E-state index is 13.1. The van der Waals surface area contributed by atoms with E-state index in [-0.39, 0.29) is 22.8 Å². The number of rotatable bonds is 5. The lowest BCUT2D eigenvalue weighted by Gasteiger charge is -2.28. The van der Waals surface area contributed by atoms with Crippen molar-refractivity contribution < 1.29 is 28.1 Å². The highest BCUT2D eigenvalue weighted by Gasteiger charge is 2.33. The number of carbonyl (C=O) groups excluding carboxylic acids is 1. The van der Waals surface area contributed by atoms with Gasteiger partial charge in [-0.1, -0.05) is 6.07 Å². The Labute approximate surface area is 189 Å². The first-order valence-electron chi connectivity index (χ1n) is 9.86. The van der Waals surface area contributed by atoms with Gasteiger partial charge in [-0.3, -0.25) is 0 Å². The van der Waals surface area contributed by atoms with E-state index < -0.39 is 17.7 Å². The quantitative estimate of drug-likeness (QED) is 0.461. The van der Waals surface area contributed by atoms with Gasteiger partial charge in [0.05, 0.1) is 25.7 Å². The second-order valence-electron chi connectivity index (χ2n) is 7.13. The van der Waals surface area contributed by atoms with Gasteiger partial charge in [0.25, 0.3) is 0 Å². The van der Waals surface area contributed by atoms with Crippen LogP contribution in [0, 0.1) is 17.1 Å². The predicted molar refractivity (Wildman–Crippen MR) is 117 cm³/mol. The third-order valence-electron chi connectivity index (χ3n) is 5.23.